The number of aryl methyl sites for hydroxylation is 2. The summed E-state index contributed by atoms with van der Waals surface area (Å²) in [6.07, 6.45) is 2.00. The number of pyridine rings is 1. The van der Waals surface area contributed by atoms with Crippen molar-refractivity contribution < 1.29 is 27.9 Å². The molecule has 7 nitrogen and oxygen atoms in total. The SMILES string of the molecule is Cc1cccc(C(=O)N2CCC(CCn3cccn3)CC2)n1.O=C(O)C(F)(F)F. The van der Waals surface area contributed by atoms with Gasteiger partial charge in [0, 0.05) is 37.7 Å². The summed E-state index contributed by atoms with van der Waals surface area (Å²) in [5.41, 5.74) is 1.45. The fourth-order valence-corrected chi connectivity index (χ4v) is 3.00. The van der Waals surface area contributed by atoms with Gasteiger partial charge in [-0.25, -0.2) is 9.78 Å². The molecule has 2 aromatic rings. The van der Waals surface area contributed by atoms with Crippen molar-refractivity contribution >= 4 is 11.9 Å². The molecule has 158 valence electrons. The summed E-state index contributed by atoms with van der Waals surface area (Å²) in [6, 6.07) is 7.57. The number of aliphatic carboxylic acids is 1. The molecule has 1 fully saturated rings. The van der Waals surface area contributed by atoms with Crippen molar-refractivity contribution in [2.24, 2.45) is 5.92 Å². The molecule has 0 atom stereocenters. The van der Waals surface area contributed by atoms with E-state index in [1.165, 1.54) is 0 Å². The lowest BCUT2D eigenvalue weighted by Gasteiger charge is -2.31. The lowest BCUT2D eigenvalue weighted by Crippen LogP contribution is -2.39. The molecule has 10 heteroatoms. The molecule has 3 heterocycles. The van der Waals surface area contributed by atoms with Crippen LogP contribution in [0.4, 0.5) is 13.2 Å². The second-order valence-electron chi connectivity index (χ2n) is 6.76. The number of alkyl halides is 3. The summed E-state index contributed by atoms with van der Waals surface area (Å²) < 4.78 is 33.7. The molecule has 0 aromatic carbocycles. The highest BCUT2D eigenvalue weighted by molar-refractivity contribution is 5.92. The second-order valence-corrected chi connectivity index (χ2v) is 6.76. The second kappa shape index (κ2) is 10.0. The predicted molar refractivity (Wildman–Crippen MR) is 98.1 cm³/mol. The minimum atomic E-state index is -5.08. The third-order valence-corrected chi connectivity index (χ3v) is 4.58. The van der Waals surface area contributed by atoms with Crippen LogP contribution in [0.3, 0.4) is 0 Å². The maximum absolute atomic E-state index is 12.5. The van der Waals surface area contributed by atoms with Gasteiger partial charge in [-0.15, -0.1) is 0 Å². The number of piperidine rings is 1. The van der Waals surface area contributed by atoms with Crippen LogP contribution in [0, 0.1) is 12.8 Å². The molecule has 0 spiro atoms. The number of rotatable bonds is 4. The smallest absolute Gasteiger partial charge is 0.475 e. The van der Waals surface area contributed by atoms with E-state index in [9.17, 15) is 18.0 Å². The number of carbonyl (C=O) groups is 2. The van der Waals surface area contributed by atoms with E-state index in [0.29, 0.717) is 11.6 Å². The van der Waals surface area contributed by atoms with E-state index in [-0.39, 0.29) is 5.91 Å². The van der Waals surface area contributed by atoms with E-state index in [0.717, 1.165) is 44.6 Å². The van der Waals surface area contributed by atoms with Crippen molar-refractivity contribution in [1.29, 1.82) is 0 Å². The Hall–Kier alpha value is -2.91. The highest BCUT2D eigenvalue weighted by Crippen LogP contribution is 2.22. The van der Waals surface area contributed by atoms with Crippen LogP contribution < -0.4 is 0 Å². The average molecular weight is 412 g/mol. The van der Waals surface area contributed by atoms with Crippen LogP contribution in [0.5, 0.6) is 0 Å². The van der Waals surface area contributed by atoms with Gasteiger partial charge in [0.1, 0.15) is 5.69 Å². The van der Waals surface area contributed by atoms with Gasteiger partial charge in [0.25, 0.3) is 5.91 Å². The molecule has 0 bridgehead atoms. The minimum absolute atomic E-state index is 0.0641. The van der Waals surface area contributed by atoms with E-state index in [4.69, 9.17) is 9.90 Å². The molecule has 0 aliphatic carbocycles. The van der Waals surface area contributed by atoms with Crippen molar-refractivity contribution in [1.82, 2.24) is 19.7 Å². The molecule has 2 aromatic heterocycles. The Morgan fingerprint density at radius 3 is 2.38 bits per heavy atom. The number of hydrogen-bond acceptors (Lipinski definition) is 4. The van der Waals surface area contributed by atoms with Gasteiger partial charge in [0.15, 0.2) is 0 Å². The van der Waals surface area contributed by atoms with Crippen LogP contribution in [0.25, 0.3) is 0 Å². The van der Waals surface area contributed by atoms with Gasteiger partial charge in [-0.1, -0.05) is 6.07 Å². The highest BCUT2D eigenvalue weighted by atomic mass is 19.4. The maximum atomic E-state index is 12.5. The van der Waals surface area contributed by atoms with Crippen molar-refractivity contribution in [2.45, 2.75) is 38.9 Å². The lowest BCUT2D eigenvalue weighted by atomic mass is 9.93. The van der Waals surface area contributed by atoms with Gasteiger partial charge < -0.3 is 10.0 Å². The first-order chi connectivity index (χ1) is 13.7. The maximum Gasteiger partial charge on any atom is 0.490 e. The molecule has 29 heavy (non-hydrogen) atoms. The van der Waals surface area contributed by atoms with Crippen LogP contribution in [-0.2, 0) is 11.3 Å². The van der Waals surface area contributed by atoms with Gasteiger partial charge in [-0.3, -0.25) is 9.48 Å². The number of amides is 1. The molecule has 1 saturated heterocycles. The first-order valence-electron chi connectivity index (χ1n) is 9.17. The summed E-state index contributed by atoms with van der Waals surface area (Å²) in [5, 5.41) is 11.4. The van der Waals surface area contributed by atoms with E-state index < -0.39 is 12.1 Å². The van der Waals surface area contributed by atoms with E-state index >= 15 is 0 Å². The Bertz CT molecular complexity index is 801. The number of carbonyl (C=O) groups excluding carboxylic acids is 1. The monoisotopic (exact) mass is 412 g/mol. The van der Waals surface area contributed by atoms with Crippen molar-refractivity contribution in [3.63, 3.8) is 0 Å². The Morgan fingerprint density at radius 1 is 1.21 bits per heavy atom. The largest absolute Gasteiger partial charge is 0.490 e. The van der Waals surface area contributed by atoms with Gasteiger partial charge in [0.2, 0.25) is 0 Å². The molecule has 1 aliphatic rings. The fourth-order valence-electron chi connectivity index (χ4n) is 3.00. The van der Waals surface area contributed by atoms with Crippen molar-refractivity contribution in [2.75, 3.05) is 13.1 Å². The summed E-state index contributed by atoms with van der Waals surface area (Å²) in [6.45, 7) is 4.54. The quantitative estimate of drug-likeness (QED) is 0.833. The Labute approximate surface area is 166 Å². The zero-order chi connectivity index (χ0) is 21.4. The van der Waals surface area contributed by atoms with Crippen molar-refractivity contribution in [3.8, 4) is 0 Å². The average Bonchev–Trinajstić information content (AvgIpc) is 3.19. The normalized spacial score (nSPS) is 14.8. The molecule has 0 unspecified atom stereocenters. The molecular formula is C19H23F3N4O3. The first-order valence-corrected chi connectivity index (χ1v) is 9.17. The minimum Gasteiger partial charge on any atom is -0.475 e. The number of halogens is 3. The molecular weight excluding hydrogens is 389 g/mol. The Kier molecular flexibility index (Phi) is 7.74. The van der Waals surface area contributed by atoms with Crippen LogP contribution in [0.1, 0.15) is 35.4 Å². The standard InChI is InChI=1S/C17H22N4O.C2HF3O2/c1-14-4-2-5-16(19-14)17(22)20-11-6-15(7-12-20)8-13-21-10-3-9-18-21;3-2(4,5)1(6)7/h2-5,9-10,15H,6-8,11-13H2,1H3;(H,6,7). The highest BCUT2D eigenvalue weighted by Gasteiger charge is 2.38. The van der Waals surface area contributed by atoms with Crippen LogP contribution >= 0.6 is 0 Å². The van der Waals surface area contributed by atoms with Gasteiger partial charge in [0.05, 0.1) is 0 Å². The number of carboxylic acid groups (broad SMARTS) is 1. The third-order valence-electron chi connectivity index (χ3n) is 4.58. The molecule has 0 radical (unpaired) electrons. The molecule has 0 saturated carbocycles. The molecule has 1 amide bonds. The summed E-state index contributed by atoms with van der Waals surface area (Å²) in [7, 11) is 0. The first kappa shape index (κ1) is 22.4. The lowest BCUT2D eigenvalue weighted by molar-refractivity contribution is -0.192. The molecule has 1 aliphatic heterocycles. The van der Waals surface area contributed by atoms with Gasteiger partial charge in [-0.2, -0.15) is 18.3 Å². The zero-order valence-electron chi connectivity index (χ0n) is 16.0. The van der Waals surface area contributed by atoms with E-state index in [2.05, 4.69) is 10.1 Å². The zero-order valence-corrected chi connectivity index (χ0v) is 16.0. The number of aromatic nitrogens is 3. The topological polar surface area (TPSA) is 88.3 Å². The number of nitrogens with zero attached hydrogens (tertiary/aromatic N) is 4. The summed E-state index contributed by atoms with van der Waals surface area (Å²) >= 11 is 0. The van der Waals surface area contributed by atoms with Crippen LogP contribution in [0.15, 0.2) is 36.7 Å². The fraction of sp³-hybridized carbons (Fsp3) is 0.474. The van der Waals surface area contributed by atoms with Crippen LogP contribution in [-0.4, -0.2) is 55.9 Å². The summed E-state index contributed by atoms with van der Waals surface area (Å²) in [4.78, 5) is 27.6. The predicted octanol–water partition coefficient (Wildman–Crippen LogP) is 3.16. The summed E-state index contributed by atoms with van der Waals surface area (Å²) in [5.74, 6) is -2.01. The number of likely N-dealkylation sites (tertiary alicyclic amines) is 1. The molecule has 3 rings (SSSR count). The Balaban J connectivity index is 0.000000370. The van der Waals surface area contributed by atoms with Gasteiger partial charge in [-0.05, 0) is 50.3 Å². The van der Waals surface area contributed by atoms with E-state index in [1.54, 1.807) is 6.07 Å². The van der Waals surface area contributed by atoms with Crippen LogP contribution in [0.2, 0.25) is 0 Å². The number of hydrogen-bond donors (Lipinski definition) is 1. The Morgan fingerprint density at radius 2 is 1.86 bits per heavy atom. The number of carboxylic acids is 1. The van der Waals surface area contributed by atoms with Crippen molar-refractivity contribution in [3.05, 3.63) is 48.0 Å². The molecule has 1 N–H and O–H groups in total. The van der Waals surface area contributed by atoms with E-state index in [1.807, 2.05) is 47.1 Å². The third kappa shape index (κ3) is 7.20. The van der Waals surface area contributed by atoms with Gasteiger partial charge >= 0.3 is 12.1 Å².